The quantitative estimate of drug-likeness (QED) is 0.743. The molecule has 1 atom stereocenters. The molecule has 0 spiro atoms. The molecule has 0 fully saturated rings. The van der Waals surface area contributed by atoms with Gasteiger partial charge >= 0.3 is 0 Å². The maximum atomic E-state index is 4.45. The fourth-order valence-electron chi connectivity index (χ4n) is 2.75. The average Bonchev–Trinajstić information content (AvgIpc) is 3.18. The van der Waals surface area contributed by atoms with Crippen LogP contribution < -0.4 is 5.32 Å². The Morgan fingerprint density at radius 3 is 2.90 bits per heavy atom. The van der Waals surface area contributed by atoms with Crippen LogP contribution in [0.2, 0.25) is 0 Å². The van der Waals surface area contributed by atoms with Gasteiger partial charge in [0.15, 0.2) is 0 Å². The molecule has 100 valence electrons. The Labute approximate surface area is 116 Å². The van der Waals surface area contributed by atoms with Crippen LogP contribution in [0.3, 0.4) is 0 Å². The predicted molar refractivity (Wildman–Crippen MR) is 75.7 cm³/mol. The van der Waals surface area contributed by atoms with Gasteiger partial charge in [0.2, 0.25) is 0 Å². The van der Waals surface area contributed by atoms with E-state index in [1.54, 1.807) is 18.9 Å². The van der Waals surface area contributed by atoms with Crippen molar-refractivity contribution in [3.63, 3.8) is 0 Å². The summed E-state index contributed by atoms with van der Waals surface area (Å²) in [6.07, 6.45) is 8.33. The van der Waals surface area contributed by atoms with E-state index in [1.807, 2.05) is 10.8 Å². The Hall–Kier alpha value is -2.40. The fraction of sp³-hybridized carbons (Fsp3) is 0.200. The van der Waals surface area contributed by atoms with E-state index in [0.29, 0.717) is 0 Å². The van der Waals surface area contributed by atoms with Crippen molar-refractivity contribution < 1.29 is 0 Å². The van der Waals surface area contributed by atoms with Gasteiger partial charge in [-0.2, -0.15) is 0 Å². The van der Waals surface area contributed by atoms with E-state index in [9.17, 15) is 0 Å². The lowest BCUT2D eigenvalue weighted by Crippen LogP contribution is -2.30. The highest BCUT2D eigenvalue weighted by molar-refractivity contribution is 5.39. The second-order valence-corrected chi connectivity index (χ2v) is 4.96. The number of rotatable bonds is 2. The van der Waals surface area contributed by atoms with Crippen LogP contribution in [0.4, 0.5) is 0 Å². The Morgan fingerprint density at radius 1 is 1.20 bits per heavy atom. The Bertz CT molecular complexity index is 696. The molecule has 2 N–H and O–H groups in total. The molecule has 1 aromatic carbocycles. The van der Waals surface area contributed by atoms with Crippen molar-refractivity contribution in [2.24, 2.45) is 0 Å². The van der Waals surface area contributed by atoms with Crippen LogP contribution in [0.5, 0.6) is 0 Å². The second-order valence-electron chi connectivity index (χ2n) is 4.96. The van der Waals surface area contributed by atoms with Crippen LogP contribution in [0.1, 0.15) is 23.0 Å². The first-order chi connectivity index (χ1) is 9.92. The van der Waals surface area contributed by atoms with Crippen molar-refractivity contribution >= 4 is 0 Å². The highest BCUT2D eigenvalue weighted by atomic mass is 15.0. The molecular weight excluding hydrogens is 250 g/mol. The average molecular weight is 265 g/mol. The van der Waals surface area contributed by atoms with Crippen LogP contribution in [-0.4, -0.2) is 26.1 Å². The normalized spacial score (nSPS) is 17.9. The fourth-order valence-corrected chi connectivity index (χ4v) is 2.75. The van der Waals surface area contributed by atoms with Crippen molar-refractivity contribution in [3.05, 3.63) is 66.3 Å². The van der Waals surface area contributed by atoms with Gasteiger partial charge in [-0.3, -0.25) is 0 Å². The standard InChI is InChI=1S/C15H15N5/c1-3-12(20-8-7-16-10-20)4-2-11(1)14-15-13(5-6-17-14)18-9-19-15/h1-4,7-10,14,17H,5-6H2,(H,18,19). The van der Waals surface area contributed by atoms with E-state index in [2.05, 4.69) is 44.5 Å². The summed E-state index contributed by atoms with van der Waals surface area (Å²) in [6.45, 7) is 0.975. The van der Waals surface area contributed by atoms with Gasteiger partial charge in [-0.25, -0.2) is 9.97 Å². The number of fused-ring (bicyclic) bond motifs is 1. The number of hydrogen-bond donors (Lipinski definition) is 2. The summed E-state index contributed by atoms with van der Waals surface area (Å²) in [5.74, 6) is 0. The third-order valence-electron chi connectivity index (χ3n) is 3.78. The number of nitrogens with zero attached hydrogens (tertiary/aromatic N) is 3. The molecular formula is C15H15N5. The summed E-state index contributed by atoms with van der Waals surface area (Å²) in [5.41, 5.74) is 4.71. The van der Waals surface area contributed by atoms with Gasteiger partial charge in [-0.15, -0.1) is 0 Å². The summed E-state index contributed by atoms with van der Waals surface area (Å²) in [7, 11) is 0. The number of nitrogens with one attached hydrogen (secondary N) is 2. The van der Waals surface area contributed by atoms with E-state index in [1.165, 1.54) is 11.3 Å². The van der Waals surface area contributed by atoms with Gasteiger partial charge in [0, 0.05) is 36.7 Å². The summed E-state index contributed by atoms with van der Waals surface area (Å²) >= 11 is 0. The maximum Gasteiger partial charge on any atom is 0.0991 e. The molecule has 0 amide bonds. The Kier molecular flexibility index (Phi) is 2.63. The highest BCUT2D eigenvalue weighted by Crippen LogP contribution is 2.26. The number of H-pyrrole nitrogens is 1. The molecule has 20 heavy (non-hydrogen) atoms. The molecule has 1 unspecified atom stereocenters. The van der Waals surface area contributed by atoms with Crippen LogP contribution in [0.15, 0.2) is 49.3 Å². The van der Waals surface area contributed by atoms with Crippen molar-refractivity contribution in [2.45, 2.75) is 12.5 Å². The molecule has 3 heterocycles. The van der Waals surface area contributed by atoms with Crippen molar-refractivity contribution in [1.82, 2.24) is 24.8 Å². The molecule has 4 rings (SSSR count). The summed E-state index contributed by atoms with van der Waals surface area (Å²) < 4.78 is 2.00. The van der Waals surface area contributed by atoms with Gasteiger partial charge in [0.1, 0.15) is 0 Å². The van der Waals surface area contributed by atoms with Crippen molar-refractivity contribution in [3.8, 4) is 5.69 Å². The van der Waals surface area contributed by atoms with Crippen molar-refractivity contribution in [1.29, 1.82) is 0 Å². The number of aromatic amines is 1. The number of benzene rings is 1. The van der Waals surface area contributed by atoms with Gasteiger partial charge in [-0.05, 0) is 17.7 Å². The maximum absolute atomic E-state index is 4.45. The molecule has 5 nitrogen and oxygen atoms in total. The molecule has 0 saturated carbocycles. The molecule has 3 aromatic rings. The second kappa shape index (κ2) is 4.61. The predicted octanol–water partition coefficient (Wildman–Crippen LogP) is 1.83. The molecule has 0 saturated heterocycles. The Morgan fingerprint density at radius 2 is 2.10 bits per heavy atom. The first-order valence-corrected chi connectivity index (χ1v) is 6.75. The lowest BCUT2D eigenvalue weighted by Gasteiger charge is -2.23. The zero-order chi connectivity index (χ0) is 13.4. The summed E-state index contributed by atoms with van der Waals surface area (Å²) in [5, 5.41) is 3.53. The minimum atomic E-state index is 0.182. The molecule has 0 aliphatic carbocycles. The third kappa shape index (κ3) is 1.83. The van der Waals surface area contributed by atoms with E-state index < -0.39 is 0 Å². The molecule has 1 aliphatic rings. The van der Waals surface area contributed by atoms with Gasteiger partial charge in [0.05, 0.1) is 24.4 Å². The molecule has 2 aromatic heterocycles. The first kappa shape index (κ1) is 11.4. The lowest BCUT2D eigenvalue weighted by atomic mass is 9.98. The largest absolute Gasteiger partial charge is 0.348 e. The summed E-state index contributed by atoms with van der Waals surface area (Å²) in [6, 6.07) is 8.70. The smallest absolute Gasteiger partial charge is 0.0991 e. The van der Waals surface area contributed by atoms with Crippen LogP contribution in [0.25, 0.3) is 5.69 Å². The van der Waals surface area contributed by atoms with E-state index in [-0.39, 0.29) is 6.04 Å². The van der Waals surface area contributed by atoms with Crippen molar-refractivity contribution in [2.75, 3.05) is 6.54 Å². The van der Waals surface area contributed by atoms with Gasteiger partial charge in [-0.1, -0.05) is 12.1 Å². The number of aromatic nitrogens is 4. The van der Waals surface area contributed by atoms with Crippen LogP contribution in [0, 0.1) is 0 Å². The van der Waals surface area contributed by atoms with Crippen LogP contribution in [-0.2, 0) is 6.42 Å². The molecule has 5 heteroatoms. The minimum Gasteiger partial charge on any atom is -0.348 e. The monoisotopic (exact) mass is 265 g/mol. The van der Waals surface area contributed by atoms with E-state index >= 15 is 0 Å². The number of imidazole rings is 2. The SMILES string of the molecule is c1cn(-c2ccc(C3NCCc4[nH]cnc43)cc2)cn1. The van der Waals surface area contributed by atoms with Gasteiger partial charge < -0.3 is 14.9 Å². The molecule has 1 aliphatic heterocycles. The van der Waals surface area contributed by atoms with Crippen LogP contribution >= 0.6 is 0 Å². The van der Waals surface area contributed by atoms with E-state index in [4.69, 9.17) is 0 Å². The zero-order valence-electron chi connectivity index (χ0n) is 11.0. The first-order valence-electron chi connectivity index (χ1n) is 6.75. The topological polar surface area (TPSA) is 58.5 Å². The summed E-state index contributed by atoms with van der Waals surface area (Å²) in [4.78, 5) is 11.8. The Balaban J connectivity index is 1.68. The molecule has 0 bridgehead atoms. The third-order valence-corrected chi connectivity index (χ3v) is 3.78. The lowest BCUT2D eigenvalue weighted by molar-refractivity contribution is 0.553. The highest BCUT2D eigenvalue weighted by Gasteiger charge is 2.23. The minimum absolute atomic E-state index is 0.182. The molecule has 0 radical (unpaired) electrons. The number of hydrogen-bond acceptors (Lipinski definition) is 3. The van der Waals surface area contributed by atoms with E-state index in [0.717, 1.165) is 24.3 Å². The zero-order valence-corrected chi connectivity index (χ0v) is 11.0. The van der Waals surface area contributed by atoms with Gasteiger partial charge in [0.25, 0.3) is 0 Å².